The Morgan fingerprint density at radius 2 is 2.10 bits per heavy atom. The highest BCUT2D eigenvalue weighted by molar-refractivity contribution is 5.94. The van der Waals surface area contributed by atoms with E-state index in [2.05, 4.69) is 15.6 Å². The van der Waals surface area contributed by atoms with Crippen molar-refractivity contribution in [3.05, 3.63) is 24.1 Å². The van der Waals surface area contributed by atoms with Gasteiger partial charge in [-0.3, -0.25) is 4.79 Å². The lowest BCUT2D eigenvalue weighted by Gasteiger charge is -2.39. The topological polar surface area (TPSA) is 54.0 Å². The van der Waals surface area contributed by atoms with E-state index in [0.717, 1.165) is 25.2 Å². The molecule has 1 aliphatic carbocycles. The van der Waals surface area contributed by atoms with Crippen LogP contribution in [0.4, 0.5) is 10.2 Å². The van der Waals surface area contributed by atoms with Crippen LogP contribution in [0.25, 0.3) is 0 Å². The monoisotopic (exact) mass is 277 g/mol. The number of carbonyl (C=O) groups excluding carboxylic acids is 1. The minimum Gasteiger partial charge on any atom is -0.309 e. The normalized spacial score (nSPS) is 29.6. The van der Waals surface area contributed by atoms with Crippen LogP contribution in [-0.4, -0.2) is 23.0 Å². The summed E-state index contributed by atoms with van der Waals surface area (Å²) in [5.41, 5.74) is 0. The summed E-state index contributed by atoms with van der Waals surface area (Å²) >= 11 is 0. The average molecular weight is 277 g/mol. The molecule has 0 spiro atoms. The average Bonchev–Trinajstić information content (AvgIpc) is 2.47. The third-order valence-corrected chi connectivity index (χ3v) is 4.43. The van der Waals surface area contributed by atoms with Gasteiger partial charge in [0.2, 0.25) is 11.9 Å². The summed E-state index contributed by atoms with van der Waals surface area (Å²) < 4.78 is 13.0. The number of rotatable bonds is 2. The fourth-order valence-electron chi connectivity index (χ4n) is 3.39. The second kappa shape index (κ2) is 5.87. The zero-order chi connectivity index (χ0) is 13.9. The lowest BCUT2D eigenvalue weighted by molar-refractivity contribution is -0.119. The molecule has 1 aromatic rings. The molecular weight excluding hydrogens is 257 g/mol. The molecule has 1 saturated carbocycles. The largest absolute Gasteiger partial charge is 0.309 e. The summed E-state index contributed by atoms with van der Waals surface area (Å²) in [6, 6.07) is 4.70. The van der Waals surface area contributed by atoms with Crippen LogP contribution in [0, 0.1) is 11.9 Å². The molecule has 3 atom stereocenters. The molecule has 1 amide bonds. The van der Waals surface area contributed by atoms with E-state index in [1.54, 1.807) is 12.1 Å². The molecule has 2 fully saturated rings. The highest BCUT2D eigenvalue weighted by Gasteiger charge is 2.34. The Balaban J connectivity index is 1.60. The quantitative estimate of drug-likeness (QED) is 0.817. The Morgan fingerprint density at radius 1 is 1.25 bits per heavy atom. The van der Waals surface area contributed by atoms with Gasteiger partial charge >= 0.3 is 0 Å². The van der Waals surface area contributed by atoms with Gasteiger partial charge in [0.25, 0.3) is 0 Å². The number of nitrogens with one attached hydrogen (secondary N) is 2. The number of nitrogens with zero attached hydrogens (tertiary/aromatic N) is 1. The summed E-state index contributed by atoms with van der Waals surface area (Å²) in [4.78, 5) is 15.9. The van der Waals surface area contributed by atoms with Crippen molar-refractivity contribution in [2.24, 2.45) is 5.92 Å². The fraction of sp³-hybridized carbons (Fsp3) is 0.600. The number of aromatic nitrogens is 1. The lowest BCUT2D eigenvalue weighted by atomic mass is 9.77. The van der Waals surface area contributed by atoms with Crippen LogP contribution in [-0.2, 0) is 4.79 Å². The van der Waals surface area contributed by atoms with Crippen molar-refractivity contribution in [1.82, 2.24) is 10.3 Å². The first-order valence-electron chi connectivity index (χ1n) is 7.42. The summed E-state index contributed by atoms with van der Waals surface area (Å²) in [5.74, 6) is 0.321. The van der Waals surface area contributed by atoms with Crippen molar-refractivity contribution in [2.45, 2.75) is 50.6 Å². The molecule has 3 rings (SSSR count). The first-order chi connectivity index (χ1) is 9.72. The first-order valence-corrected chi connectivity index (χ1v) is 7.42. The molecule has 1 saturated heterocycles. The summed E-state index contributed by atoms with van der Waals surface area (Å²) in [6.07, 6.45) is 6.94. The van der Waals surface area contributed by atoms with Crippen LogP contribution in [0.1, 0.15) is 38.5 Å². The number of fused-ring (bicyclic) bond motifs is 1. The van der Waals surface area contributed by atoms with Crippen LogP contribution >= 0.6 is 0 Å². The number of hydrogen-bond acceptors (Lipinski definition) is 3. The van der Waals surface area contributed by atoms with Gasteiger partial charge < -0.3 is 10.6 Å². The Bertz CT molecular complexity index is 494. The Kier molecular flexibility index (Phi) is 3.96. The molecule has 2 aliphatic rings. The van der Waals surface area contributed by atoms with Gasteiger partial charge in [0.1, 0.15) is 5.82 Å². The van der Waals surface area contributed by atoms with E-state index in [0.29, 0.717) is 6.04 Å². The second-order valence-corrected chi connectivity index (χ2v) is 5.78. The smallest absolute Gasteiger partial charge is 0.242 e. The number of piperidine rings is 1. The first kappa shape index (κ1) is 13.5. The van der Waals surface area contributed by atoms with E-state index < -0.39 is 5.95 Å². The summed E-state index contributed by atoms with van der Waals surface area (Å²) in [5, 5.41) is 6.15. The SMILES string of the molecule is O=C(Nc1cccc(F)n1)C1CCC2CCCCC2N1. The number of amides is 1. The maximum atomic E-state index is 13.0. The van der Waals surface area contributed by atoms with Crippen LogP contribution in [0.3, 0.4) is 0 Å². The van der Waals surface area contributed by atoms with Crippen LogP contribution in [0.15, 0.2) is 18.2 Å². The number of hydrogen-bond donors (Lipinski definition) is 2. The number of halogens is 1. The van der Waals surface area contributed by atoms with Gasteiger partial charge in [-0.15, -0.1) is 0 Å². The highest BCUT2D eigenvalue weighted by Crippen LogP contribution is 2.32. The van der Waals surface area contributed by atoms with E-state index in [4.69, 9.17) is 0 Å². The molecule has 2 N–H and O–H groups in total. The van der Waals surface area contributed by atoms with Crippen LogP contribution < -0.4 is 10.6 Å². The molecule has 108 valence electrons. The molecule has 2 heterocycles. The lowest BCUT2D eigenvalue weighted by Crippen LogP contribution is -2.53. The van der Waals surface area contributed by atoms with Gasteiger partial charge in [0.15, 0.2) is 0 Å². The van der Waals surface area contributed by atoms with E-state index in [1.807, 2.05) is 0 Å². The zero-order valence-electron chi connectivity index (χ0n) is 11.4. The van der Waals surface area contributed by atoms with Gasteiger partial charge in [0, 0.05) is 6.04 Å². The number of anilines is 1. The molecule has 3 unspecified atom stereocenters. The maximum Gasteiger partial charge on any atom is 0.242 e. The van der Waals surface area contributed by atoms with Crippen molar-refractivity contribution in [3.63, 3.8) is 0 Å². The van der Waals surface area contributed by atoms with E-state index >= 15 is 0 Å². The van der Waals surface area contributed by atoms with Crippen molar-refractivity contribution < 1.29 is 9.18 Å². The van der Waals surface area contributed by atoms with Crippen molar-refractivity contribution in [2.75, 3.05) is 5.32 Å². The molecule has 4 nitrogen and oxygen atoms in total. The summed E-state index contributed by atoms with van der Waals surface area (Å²) in [7, 11) is 0. The minimum absolute atomic E-state index is 0.105. The van der Waals surface area contributed by atoms with Crippen LogP contribution in [0.2, 0.25) is 0 Å². The van der Waals surface area contributed by atoms with Gasteiger partial charge in [-0.1, -0.05) is 18.9 Å². The van der Waals surface area contributed by atoms with Gasteiger partial charge in [-0.05, 0) is 43.7 Å². The number of carbonyl (C=O) groups is 1. The highest BCUT2D eigenvalue weighted by atomic mass is 19.1. The van der Waals surface area contributed by atoms with Gasteiger partial charge in [-0.25, -0.2) is 4.98 Å². The number of pyridine rings is 1. The Morgan fingerprint density at radius 3 is 2.95 bits per heavy atom. The molecule has 1 aromatic heterocycles. The Labute approximate surface area is 118 Å². The van der Waals surface area contributed by atoms with Gasteiger partial charge in [0.05, 0.1) is 6.04 Å². The zero-order valence-corrected chi connectivity index (χ0v) is 11.4. The molecular formula is C15H20FN3O. The molecule has 0 bridgehead atoms. The standard InChI is InChI=1S/C15H20FN3O/c16-13-6-3-7-14(18-13)19-15(20)12-9-8-10-4-1-2-5-11(10)17-12/h3,6-7,10-12,17H,1-2,4-5,8-9H2,(H,18,19,20). The molecule has 20 heavy (non-hydrogen) atoms. The predicted molar refractivity (Wildman–Crippen MR) is 74.7 cm³/mol. The van der Waals surface area contributed by atoms with E-state index in [-0.39, 0.29) is 17.8 Å². The molecule has 0 aromatic carbocycles. The fourth-order valence-corrected chi connectivity index (χ4v) is 3.39. The second-order valence-electron chi connectivity index (χ2n) is 5.78. The van der Waals surface area contributed by atoms with Crippen LogP contribution in [0.5, 0.6) is 0 Å². The Hall–Kier alpha value is -1.49. The minimum atomic E-state index is -0.577. The van der Waals surface area contributed by atoms with Crippen molar-refractivity contribution in [3.8, 4) is 0 Å². The van der Waals surface area contributed by atoms with Gasteiger partial charge in [-0.2, -0.15) is 4.39 Å². The molecule has 1 aliphatic heterocycles. The third kappa shape index (κ3) is 2.98. The van der Waals surface area contributed by atoms with Crippen molar-refractivity contribution in [1.29, 1.82) is 0 Å². The molecule has 5 heteroatoms. The third-order valence-electron chi connectivity index (χ3n) is 4.43. The predicted octanol–water partition coefficient (Wildman–Crippen LogP) is 2.47. The van der Waals surface area contributed by atoms with E-state index in [1.165, 1.54) is 25.3 Å². The summed E-state index contributed by atoms with van der Waals surface area (Å²) in [6.45, 7) is 0. The van der Waals surface area contributed by atoms with E-state index in [9.17, 15) is 9.18 Å². The van der Waals surface area contributed by atoms with Crippen molar-refractivity contribution >= 4 is 11.7 Å². The maximum absolute atomic E-state index is 13.0. The molecule has 0 radical (unpaired) electrons.